The smallest absolute Gasteiger partial charge is 0.259 e. The number of carbonyl (C=O) groups excluding carboxylic acids is 1. The van der Waals surface area contributed by atoms with Gasteiger partial charge in [-0.2, -0.15) is 0 Å². The molecular formula is C23H30N2O5S. The van der Waals surface area contributed by atoms with Gasteiger partial charge in [0.25, 0.3) is 5.91 Å². The van der Waals surface area contributed by atoms with Gasteiger partial charge in [0, 0.05) is 18.8 Å². The molecule has 2 aromatic rings. The standard InChI is InChI=1S/C23H30N2O5S/c1-2-3-6-15-30-22-10-5-4-9-21(22)23(26)25-18-11-13-20(14-12-18)31(27,28)24-17-19-8-7-16-29-19/h4-5,9-14,19,24H,2-3,6-8,15-17H2,1H3,(H,25,26). The fraction of sp³-hybridized carbons (Fsp3) is 0.435. The van der Waals surface area contributed by atoms with Crippen LogP contribution in [0.4, 0.5) is 5.69 Å². The maximum Gasteiger partial charge on any atom is 0.259 e. The molecule has 0 saturated carbocycles. The Bertz CT molecular complexity index is 954. The number of amides is 1. The number of anilines is 1. The molecule has 1 saturated heterocycles. The number of unbranched alkanes of at least 4 members (excludes halogenated alkanes) is 2. The van der Waals surface area contributed by atoms with E-state index in [1.165, 1.54) is 12.1 Å². The minimum Gasteiger partial charge on any atom is -0.493 e. The number of sulfonamides is 1. The zero-order valence-electron chi connectivity index (χ0n) is 17.8. The van der Waals surface area contributed by atoms with Crippen LogP contribution in [-0.4, -0.2) is 40.2 Å². The first-order chi connectivity index (χ1) is 15.0. The van der Waals surface area contributed by atoms with Crippen LogP contribution < -0.4 is 14.8 Å². The fourth-order valence-electron chi connectivity index (χ4n) is 3.32. The zero-order chi connectivity index (χ0) is 22.1. The number of hydrogen-bond acceptors (Lipinski definition) is 5. The van der Waals surface area contributed by atoms with E-state index in [2.05, 4.69) is 17.0 Å². The Morgan fingerprint density at radius 3 is 2.61 bits per heavy atom. The number of ether oxygens (including phenoxy) is 2. The first-order valence-electron chi connectivity index (χ1n) is 10.7. The summed E-state index contributed by atoms with van der Waals surface area (Å²) in [6, 6.07) is 13.2. The van der Waals surface area contributed by atoms with Crippen molar-refractivity contribution in [3.63, 3.8) is 0 Å². The lowest BCUT2D eigenvalue weighted by atomic mass is 10.2. The van der Waals surface area contributed by atoms with Gasteiger partial charge in [-0.05, 0) is 55.7 Å². The molecule has 0 aromatic heterocycles. The van der Waals surface area contributed by atoms with E-state index in [1.807, 2.05) is 6.07 Å². The van der Waals surface area contributed by atoms with Crippen molar-refractivity contribution in [1.82, 2.24) is 4.72 Å². The first-order valence-corrected chi connectivity index (χ1v) is 12.2. The zero-order valence-corrected chi connectivity index (χ0v) is 18.6. The molecule has 1 unspecified atom stereocenters. The molecule has 1 aliphatic rings. The summed E-state index contributed by atoms with van der Waals surface area (Å²) in [5.41, 5.74) is 0.942. The van der Waals surface area contributed by atoms with Crippen molar-refractivity contribution in [3.8, 4) is 5.75 Å². The highest BCUT2D eigenvalue weighted by molar-refractivity contribution is 7.89. The topological polar surface area (TPSA) is 93.7 Å². The molecule has 2 N–H and O–H groups in total. The third-order valence-electron chi connectivity index (χ3n) is 5.08. The van der Waals surface area contributed by atoms with Gasteiger partial charge in [-0.15, -0.1) is 0 Å². The monoisotopic (exact) mass is 446 g/mol. The van der Waals surface area contributed by atoms with E-state index in [0.717, 1.165) is 32.1 Å². The van der Waals surface area contributed by atoms with Crippen molar-refractivity contribution < 1.29 is 22.7 Å². The average molecular weight is 447 g/mol. The van der Waals surface area contributed by atoms with Gasteiger partial charge in [-0.25, -0.2) is 13.1 Å². The van der Waals surface area contributed by atoms with Gasteiger partial charge < -0.3 is 14.8 Å². The van der Waals surface area contributed by atoms with E-state index in [-0.39, 0.29) is 23.5 Å². The van der Waals surface area contributed by atoms with E-state index in [1.54, 1.807) is 30.3 Å². The Morgan fingerprint density at radius 1 is 1.13 bits per heavy atom. The predicted octanol–water partition coefficient (Wildman–Crippen LogP) is 3.97. The van der Waals surface area contributed by atoms with Crippen molar-refractivity contribution in [2.45, 2.75) is 50.0 Å². The fourth-order valence-corrected chi connectivity index (χ4v) is 4.39. The lowest BCUT2D eigenvalue weighted by molar-refractivity contribution is 0.102. The molecule has 1 aliphatic heterocycles. The third-order valence-corrected chi connectivity index (χ3v) is 6.52. The quantitative estimate of drug-likeness (QED) is 0.510. The molecule has 1 amide bonds. The second-order valence-corrected chi connectivity index (χ2v) is 9.28. The molecule has 1 heterocycles. The molecule has 3 rings (SSSR count). The summed E-state index contributed by atoms with van der Waals surface area (Å²) in [5, 5.41) is 2.80. The SMILES string of the molecule is CCCCCOc1ccccc1C(=O)Nc1ccc(S(=O)(=O)NCC2CCCO2)cc1. The minimum atomic E-state index is -3.63. The van der Waals surface area contributed by atoms with Crippen LogP contribution in [0.3, 0.4) is 0 Å². The van der Waals surface area contributed by atoms with Crippen LogP contribution in [0.5, 0.6) is 5.75 Å². The van der Waals surface area contributed by atoms with E-state index < -0.39 is 10.0 Å². The van der Waals surface area contributed by atoms with Crippen LogP contribution in [0.15, 0.2) is 53.4 Å². The maximum atomic E-state index is 12.7. The molecule has 1 atom stereocenters. The highest BCUT2D eigenvalue weighted by Gasteiger charge is 2.20. The van der Waals surface area contributed by atoms with Crippen molar-refractivity contribution in [2.75, 3.05) is 25.1 Å². The summed E-state index contributed by atoms with van der Waals surface area (Å²) in [4.78, 5) is 12.9. The largest absolute Gasteiger partial charge is 0.493 e. The van der Waals surface area contributed by atoms with Crippen molar-refractivity contribution in [3.05, 3.63) is 54.1 Å². The summed E-state index contributed by atoms with van der Waals surface area (Å²) in [6.45, 7) is 3.62. The second-order valence-electron chi connectivity index (χ2n) is 7.52. The van der Waals surface area contributed by atoms with Gasteiger partial charge >= 0.3 is 0 Å². The number of carbonyl (C=O) groups is 1. The lowest BCUT2D eigenvalue weighted by Gasteiger charge is -2.13. The summed E-state index contributed by atoms with van der Waals surface area (Å²) in [5.74, 6) is 0.229. The van der Waals surface area contributed by atoms with E-state index in [0.29, 0.717) is 30.2 Å². The van der Waals surface area contributed by atoms with Crippen molar-refractivity contribution >= 4 is 21.6 Å². The summed E-state index contributed by atoms with van der Waals surface area (Å²) >= 11 is 0. The van der Waals surface area contributed by atoms with Gasteiger partial charge in [0.1, 0.15) is 5.75 Å². The molecule has 0 spiro atoms. The van der Waals surface area contributed by atoms with Gasteiger partial charge in [0.15, 0.2) is 0 Å². The third kappa shape index (κ3) is 6.78. The Hall–Kier alpha value is -2.42. The predicted molar refractivity (Wildman–Crippen MR) is 120 cm³/mol. The first kappa shape index (κ1) is 23.2. The molecule has 7 nitrogen and oxygen atoms in total. The number of hydrogen-bond donors (Lipinski definition) is 2. The second kappa shape index (κ2) is 11.3. The number of rotatable bonds is 11. The van der Waals surface area contributed by atoms with Crippen molar-refractivity contribution in [1.29, 1.82) is 0 Å². The summed E-state index contributed by atoms with van der Waals surface area (Å²) in [6.07, 6.45) is 4.85. The molecule has 168 valence electrons. The van der Waals surface area contributed by atoms with E-state index in [4.69, 9.17) is 9.47 Å². The lowest BCUT2D eigenvalue weighted by Crippen LogP contribution is -2.31. The van der Waals surface area contributed by atoms with Crippen LogP contribution in [0.1, 0.15) is 49.4 Å². The van der Waals surface area contributed by atoms with Crippen LogP contribution in [0.2, 0.25) is 0 Å². The van der Waals surface area contributed by atoms with Crippen LogP contribution in [0, 0.1) is 0 Å². The van der Waals surface area contributed by atoms with Gasteiger partial charge in [-0.3, -0.25) is 4.79 Å². The van der Waals surface area contributed by atoms with E-state index in [9.17, 15) is 13.2 Å². The highest BCUT2D eigenvalue weighted by atomic mass is 32.2. The average Bonchev–Trinajstić information content (AvgIpc) is 3.30. The molecule has 2 aromatic carbocycles. The Labute approximate surface area is 184 Å². The Kier molecular flexibility index (Phi) is 8.45. The normalized spacial score (nSPS) is 16.2. The molecule has 0 bridgehead atoms. The number of nitrogens with one attached hydrogen (secondary N) is 2. The Balaban J connectivity index is 1.60. The number of benzene rings is 2. The van der Waals surface area contributed by atoms with E-state index >= 15 is 0 Å². The molecular weight excluding hydrogens is 416 g/mol. The molecule has 31 heavy (non-hydrogen) atoms. The summed E-state index contributed by atoms with van der Waals surface area (Å²) in [7, 11) is -3.63. The Morgan fingerprint density at radius 2 is 1.90 bits per heavy atom. The molecule has 8 heteroatoms. The maximum absolute atomic E-state index is 12.7. The minimum absolute atomic E-state index is 0.0717. The van der Waals surface area contributed by atoms with Crippen LogP contribution >= 0.6 is 0 Å². The highest BCUT2D eigenvalue weighted by Crippen LogP contribution is 2.21. The summed E-state index contributed by atoms with van der Waals surface area (Å²) < 4.78 is 38.7. The molecule has 1 fully saturated rings. The molecule has 0 radical (unpaired) electrons. The van der Waals surface area contributed by atoms with Gasteiger partial charge in [0.2, 0.25) is 10.0 Å². The van der Waals surface area contributed by atoms with Gasteiger partial charge in [-0.1, -0.05) is 31.9 Å². The number of para-hydroxylation sites is 1. The van der Waals surface area contributed by atoms with Gasteiger partial charge in [0.05, 0.1) is 23.2 Å². The van der Waals surface area contributed by atoms with Crippen LogP contribution in [0.25, 0.3) is 0 Å². The van der Waals surface area contributed by atoms with Crippen LogP contribution in [-0.2, 0) is 14.8 Å². The van der Waals surface area contributed by atoms with Crippen molar-refractivity contribution in [2.24, 2.45) is 0 Å². The molecule has 0 aliphatic carbocycles.